The molecule has 0 aliphatic carbocycles. The second kappa shape index (κ2) is 10.9. The standard InChI is InChI=1S/C19H33N3O6/c1-6-15(23)13(10-11-20-17(25)27-7-2)21-16(24)14-9-8-12-22(14)18(26)28-19(3,4)5/h13-14H,6-12H2,1-5H3,(H,20,25)(H,21,24)/t13-,14?/m0/s1. The molecule has 0 spiro atoms. The second-order valence-corrected chi connectivity index (χ2v) is 7.65. The zero-order valence-corrected chi connectivity index (χ0v) is 17.5. The molecule has 1 saturated heterocycles. The number of hydrogen-bond donors (Lipinski definition) is 2. The molecule has 1 rings (SSSR count). The first-order valence-corrected chi connectivity index (χ1v) is 9.82. The number of rotatable bonds is 8. The largest absolute Gasteiger partial charge is 0.450 e. The Labute approximate surface area is 166 Å². The number of ketones is 1. The highest BCUT2D eigenvalue weighted by Crippen LogP contribution is 2.21. The van der Waals surface area contributed by atoms with Gasteiger partial charge in [0, 0.05) is 19.5 Å². The third kappa shape index (κ3) is 7.74. The number of ether oxygens (including phenoxy) is 2. The highest BCUT2D eigenvalue weighted by molar-refractivity contribution is 5.92. The highest BCUT2D eigenvalue weighted by Gasteiger charge is 2.37. The molecule has 0 radical (unpaired) electrons. The van der Waals surface area contributed by atoms with Gasteiger partial charge < -0.3 is 20.1 Å². The maximum Gasteiger partial charge on any atom is 0.410 e. The van der Waals surface area contributed by atoms with Gasteiger partial charge in [-0.25, -0.2) is 9.59 Å². The van der Waals surface area contributed by atoms with E-state index >= 15 is 0 Å². The summed E-state index contributed by atoms with van der Waals surface area (Å²) in [5, 5.41) is 5.27. The fourth-order valence-electron chi connectivity index (χ4n) is 2.91. The summed E-state index contributed by atoms with van der Waals surface area (Å²) in [5.41, 5.74) is -0.653. The van der Waals surface area contributed by atoms with E-state index < -0.39 is 29.9 Å². The molecular formula is C19H33N3O6. The maximum absolute atomic E-state index is 12.7. The zero-order chi connectivity index (χ0) is 21.3. The van der Waals surface area contributed by atoms with Gasteiger partial charge in [-0.3, -0.25) is 14.5 Å². The van der Waals surface area contributed by atoms with Crippen molar-refractivity contribution in [3.05, 3.63) is 0 Å². The number of nitrogens with one attached hydrogen (secondary N) is 2. The topological polar surface area (TPSA) is 114 Å². The number of amides is 3. The lowest BCUT2D eigenvalue weighted by molar-refractivity contribution is -0.130. The molecule has 2 N–H and O–H groups in total. The summed E-state index contributed by atoms with van der Waals surface area (Å²) < 4.78 is 10.1. The summed E-state index contributed by atoms with van der Waals surface area (Å²) in [6.45, 7) is 9.58. The van der Waals surface area contributed by atoms with Crippen molar-refractivity contribution >= 4 is 23.9 Å². The Morgan fingerprint density at radius 2 is 1.86 bits per heavy atom. The average molecular weight is 399 g/mol. The molecule has 1 heterocycles. The Bertz CT molecular complexity index is 573. The molecule has 1 aliphatic rings. The summed E-state index contributed by atoms with van der Waals surface area (Å²) in [6, 6.07) is -1.40. The molecular weight excluding hydrogens is 366 g/mol. The first-order valence-electron chi connectivity index (χ1n) is 9.82. The predicted molar refractivity (Wildman–Crippen MR) is 103 cm³/mol. The number of hydrogen-bond acceptors (Lipinski definition) is 6. The van der Waals surface area contributed by atoms with Gasteiger partial charge in [-0.1, -0.05) is 6.92 Å². The van der Waals surface area contributed by atoms with Crippen LogP contribution in [0.5, 0.6) is 0 Å². The van der Waals surface area contributed by atoms with E-state index in [4.69, 9.17) is 9.47 Å². The highest BCUT2D eigenvalue weighted by atomic mass is 16.6. The van der Waals surface area contributed by atoms with Gasteiger partial charge in [-0.2, -0.15) is 0 Å². The van der Waals surface area contributed by atoms with Crippen LogP contribution in [0.4, 0.5) is 9.59 Å². The van der Waals surface area contributed by atoms with Gasteiger partial charge >= 0.3 is 12.2 Å². The zero-order valence-electron chi connectivity index (χ0n) is 17.5. The molecule has 0 aromatic rings. The minimum Gasteiger partial charge on any atom is -0.450 e. The molecule has 1 aliphatic heterocycles. The van der Waals surface area contributed by atoms with Crippen molar-refractivity contribution in [2.24, 2.45) is 0 Å². The van der Waals surface area contributed by atoms with E-state index in [1.165, 1.54) is 4.90 Å². The van der Waals surface area contributed by atoms with Crippen LogP contribution in [0.2, 0.25) is 0 Å². The van der Waals surface area contributed by atoms with Gasteiger partial charge in [-0.05, 0) is 47.0 Å². The first kappa shape index (κ1) is 23.7. The average Bonchev–Trinajstić information content (AvgIpc) is 3.09. The van der Waals surface area contributed by atoms with Crippen LogP contribution < -0.4 is 10.6 Å². The molecule has 0 bridgehead atoms. The molecule has 0 saturated carbocycles. The monoisotopic (exact) mass is 399 g/mol. The number of alkyl carbamates (subject to hydrolysis) is 1. The van der Waals surface area contributed by atoms with E-state index in [1.807, 2.05) is 0 Å². The van der Waals surface area contributed by atoms with Crippen LogP contribution in [0.1, 0.15) is 60.3 Å². The summed E-state index contributed by atoms with van der Waals surface area (Å²) in [4.78, 5) is 50.1. The summed E-state index contributed by atoms with van der Waals surface area (Å²) in [5.74, 6) is -0.521. The van der Waals surface area contributed by atoms with Crippen LogP contribution in [-0.2, 0) is 19.1 Å². The van der Waals surface area contributed by atoms with Crippen LogP contribution in [0, 0.1) is 0 Å². The lowest BCUT2D eigenvalue weighted by atomic mass is 10.1. The van der Waals surface area contributed by atoms with Crippen LogP contribution in [0.15, 0.2) is 0 Å². The van der Waals surface area contributed by atoms with Crippen molar-refractivity contribution < 1.29 is 28.7 Å². The molecule has 3 amide bonds. The van der Waals surface area contributed by atoms with Gasteiger partial charge in [0.25, 0.3) is 0 Å². The second-order valence-electron chi connectivity index (χ2n) is 7.65. The lowest BCUT2D eigenvalue weighted by Crippen LogP contribution is -2.52. The Hall–Kier alpha value is -2.32. The summed E-state index contributed by atoms with van der Waals surface area (Å²) in [6.07, 6.45) is 0.602. The Balaban J connectivity index is 2.68. The molecule has 9 heteroatoms. The molecule has 0 aromatic heterocycles. The Kier molecular flexibility index (Phi) is 9.21. The van der Waals surface area contributed by atoms with Crippen molar-refractivity contribution in [2.75, 3.05) is 19.7 Å². The van der Waals surface area contributed by atoms with E-state index in [1.54, 1.807) is 34.6 Å². The van der Waals surface area contributed by atoms with Crippen molar-refractivity contribution in [1.82, 2.24) is 15.5 Å². The molecule has 2 atom stereocenters. The maximum atomic E-state index is 12.7. The fourth-order valence-corrected chi connectivity index (χ4v) is 2.91. The normalized spacial score (nSPS) is 17.6. The van der Waals surface area contributed by atoms with Crippen molar-refractivity contribution in [2.45, 2.75) is 78.0 Å². The van der Waals surface area contributed by atoms with Crippen LogP contribution >= 0.6 is 0 Å². The molecule has 1 fully saturated rings. The first-order chi connectivity index (χ1) is 13.1. The minimum atomic E-state index is -0.736. The minimum absolute atomic E-state index is 0.138. The Morgan fingerprint density at radius 1 is 1.18 bits per heavy atom. The molecule has 0 aromatic carbocycles. The predicted octanol–water partition coefficient (Wildman–Crippen LogP) is 1.99. The third-order valence-corrected chi connectivity index (χ3v) is 4.21. The van der Waals surface area contributed by atoms with E-state index in [0.29, 0.717) is 19.4 Å². The van der Waals surface area contributed by atoms with Crippen molar-refractivity contribution in [3.8, 4) is 0 Å². The summed E-state index contributed by atoms with van der Waals surface area (Å²) in [7, 11) is 0. The van der Waals surface area contributed by atoms with Crippen LogP contribution in [-0.4, -0.2) is 66.2 Å². The Morgan fingerprint density at radius 3 is 2.43 bits per heavy atom. The number of carbonyl (C=O) groups is 4. The van der Waals surface area contributed by atoms with Crippen LogP contribution in [0.3, 0.4) is 0 Å². The van der Waals surface area contributed by atoms with Gasteiger partial charge in [0.1, 0.15) is 11.6 Å². The third-order valence-electron chi connectivity index (χ3n) is 4.21. The van der Waals surface area contributed by atoms with Gasteiger partial charge in [0.05, 0.1) is 12.6 Å². The molecule has 9 nitrogen and oxygen atoms in total. The van der Waals surface area contributed by atoms with E-state index in [0.717, 1.165) is 0 Å². The number of nitrogens with zero attached hydrogens (tertiary/aromatic N) is 1. The van der Waals surface area contributed by atoms with Gasteiger partial charge in [0.2, 0.25) is 5.91 Å². The van der Waals surface area contributed by atoms with E-state index in [9.17, 15) is 19.2 Å². The van der Waals surface area contributed by atoms with Crippen molar-refractivity contribution in [1.29, 1.82) is 0 Å². The fraction of sp³-hybridized carbons (Fsp3) is 0.789. The van der Waals surface area contributed by atoms with Crippen molar-refractivity contribution in [3.63, 3.8) is 0 Å². The van der Waals surface area contributed by atoms with E-state index in [-0.39, 0.29) is 37.7 Å². The summed E-state index contributed by atoms with van der Waals surface area (Å²) >= 11 is 0. The van der Waals surface area contributed by atoms with E-state index in [2.05, 4.69) is 10.6 Å². The number of likely N-dealkylation sites (tertiary alicyclic amines) is 1. The van der Waals surface area contributed by atoms with Crippen LogP contribution in [0.25, 0.3) is 0 Å². The van der Waals surface area contributed by atoms with Gasteiger partial charge in [-0.15, -0.1) is 0 Å². The lowest BCUT2D eigenvalue weighted by Gasteiger charge is -2.29. The molecule has 160 valence electrons. The quantitative estimate of drug-likeness (QED) is 0.645. The number of Topliss-reactive ketones (excluding diaryl/α,β-unsaturated/α-hetero) is 1. The smallest absolute Gasteiger partial charge is 0.410 e. The SMILES string of the molecule is CCOC(=O)NCC[C@H](NC(=O)C1CCCN1C(=O)OC(C)(C)C)C(=O)CC. The van der Waals surface area contributed by atoms with Gasteiger partial charge in [0.15, 0.2) is 5.78 Å². The molecule has 28 heavy (non-hydrogen) atoms. The number of carbonyl (C=O) groups excluding carboxylic acids is 4. The molecule has 1 unspecified atom stereocenters.